The second kappa shape index (κ2) is 10.4. The molecule has 0 saturated heterocycles. The predicted molar refractivity (Wildman–Crippen MR) is 61.3 cm³/mol. The van der Waals surface area contributed by atoms with Crippen LogP contribution in [0, 0.1) is 0 Å². The summed E-state index contributed by atoms with van der Waals surface area (Å²) < 4.78 is 5.45. The predicted octanol–water partition coefficient (Wildman–Crippen LogP) is 2.27. The van der Waals surface area contributed by atoms with Crippen LogP contribution in [0.25, 0.3) is 0 Å². The minimum Gasteiger partial charge on any atom is -0.381 e. The molecule has 0 saturated carbocycles. The largest absolute Gasteiger partial charge is 0.381 e. The lowest BCUT2D eigenvalue weighted by atomic mass is 10.3. The number of thioether (sulfide) groups is 1. The lowest BCUT2D eigenvalue weighted by Gasteiger charge is -2.09. The standard InChI is InChI=1S/C10H23NOS/c1-3-4-7-12-8-9-13-10(2)5-6-11/h10H,3-9,11H2,1-2H3. The van der Waals surface area contributed by atoms with Crippen molar-refractivity contribution in [2.45, 2.75) is 38.4 Å². The zero-order chi connectivity index (χ0) is 9.94. The van der Waals surface area contributed by atoms with Gasteiger partial charge in [0, 0.05) is 17.6 Å². The Bertz CT molecular complexity index is 101. The number of unbranched alkanes of at least 4 members (excludes halogenated alkanes) is 1. The van der Waals surface area contributed by atoms with Gasteiger partial charge >= 0.3 is 0 Å². The Morgan fingerprint density at radius 1 is 1.38 bits per heavy atom. The highest BCUT2D eigenvalue weighted by Crippen LogP contribution is 2.12. The maximum Gasteiger partial charge on any atom is 0.0556 e. The Morgan fingerprint density at radius 2 is 2.15 bits per heavy atom. The van der Waals surface area contributed by atoms with Crippen LogP contribution in [0.15, 0.2) is 0 Å². The van der Waals surface area contributed by atoms with E-state index in [2.05, 4.69) is 13.8 Å². The number of nitrogens with two attached hydrogens (primary N) is 1. The molecule has 0 rings (SSSR count). The summed E-state index contributed by atoms with van der Waals surface area (Å²) in [5.74, 6) is 1.10. The van der Waals surface area contributed by atoms with Gasteiger partial charge in [-0.3, -0.25) is 0 Å². The fourth-order valence-electron chi connectivity index (χ4n) is 0.975. The molecule has 0 aromatic rings. The fourth-order valence-corrected chi connectivity index (χ4v) is 1.89. The van der Waals surface area contributed by atoms with E-state index in [0.717, 1.165) is 31.9 Å². The molecule has 0 aliphatic rings. The lowest BCUT2D eigenvalue weighted by molar-refractivity contribution is 0.147. The van der Waals surface area contributed by atoms with Crippen LogP contribution in [0.1, 0.15) is 33.1 Å². The highest BCUT2D eigenvalue weighted by atomic mass is 32.2. The first-order chi connectivity index (χ1) is 6.31. The molecule has 2 nitrogen and oxygen atoms in total. The van der Waals surface area contributed by atoms with E-state index >= 15 is 0 Å². The third-order valence-corrected chi connectivity index (χ3v) is 3.05. The van der Waals surface area contributed by atoms with Gasteiger partial charge in [-0.1, -0.05) is 20.3 Å². The molecule has 0 amide bonds. The van der Waals surface area contributed by atoms with E-state index in [-0.39, 0.29) is 0 Å². The van der Waals surface area contributed by atoms with Gasteiger partial charge < -0.3 is 10.5 Å². The first kappa shape index (κ1) is 13.3. The third-order valence-electron chi connectivity index (χ3n) is 1.85. The van der Waals surface area contributed by atoms with Crippen LogP contribution in [0.4, 0.5) is 0 Å². The molecule has 0 aliphatic carbocycles. The second-order valence-corrected chi connectivity index (χ2v) is 4.77. The van der Waals surface area contributed by atoms with Gasteiger partial charge in [0.1, 0.15) is 0 Å². The van der Waals surface area contributed by atoms with E-state index in [9.17, 15) is 0 Å². The molecule has 1 atom stereocenters. The van der Waals surface area contributed by atoms with E-state index in [1.807, 2.05) is 11.8 Å². The molecule has 1 unspecified atom stereocenters. The van der Waals surface area contributed by atoms with E-state index in [1.54, 1.807) is 0 Å². The summed E-state index contributed by atoms with van der Waals surface area (Å²) in [5, 5.41) is 0.680. The summed E-state index contributed by atoms with van der Waals surface area (Å²) in [5.41, 5.74) is 5.45. The Morgan fingerprint density at radius 3 is 2.77 bits per heavy atom. The molecule has 0 heterocycles. The molecule has 0 radical (unpaired) electrons. The van der Waals surface area contributed by atoms with Crippen LogP contribution in [0.5, 0.6) is 0 Å². The van der Waals surface area contributed by atoms with Crippen molar-refractivity contribution < 1.29 is 4.74 Å². The van der Waals surface area contributed by atoms with Gasteiger partial charge in [0.25, 0.3) is 0 Å². The Balaban J connectivity index is 2.97. The van der Waals surface area contributed by atoms with Crippen molar-refractivity contribution in [1.82, 2.24) is 0 Å². The van der Waals surface area contributed by atoms with Gasteiger partial charge in [0.2, 0.25) is 0 Å². The van der Waals surface area contributed by atoms with E-state index in [4.69, 9.17) is 10.5 Å². The smallest absolute Gasteiger partial charge is 0.0556 e. The van der Waals surface area contributed by atoms with Crippen molar-refractivity contribution in [2.75, 3.05) is 25.5 Å². The van der Waals surface area contributed by atoms with E-state index in [0.29, 0.717) is 5.25 Å². The maximum atomic E-state index is 5.45. The first-order valence-electron chi connectivity index (χ1n) is 5.20. The van der Waals surface area contributed by atoms with Gasteiger partial charge in [-0.2, -0.15) is 11.8 Å². The topological polar surface area (TPSA) is 35.2 Å². The van der Waals surface area contributed by atoms with Crippen molar-refractivity contribution in [3.05, 3.63) is 0 Å². The summed E-state index contributed by atoms with van der Waals surface area (Å²) in [6.07, 6.45) is 3.51. The van der Waals surface area contributed by atoms with Gasteiger partial charge in [-0.15, -0.1) is 0 Å². The maximum absolute atomic E-state index is 5.45. The Kier molecular flexibility index (Phi) is 10.6. The summed E-state index contributed by atoms with van der Waals surface area (Å²) in [7, 11) is 0. The summed E-state index contributed by atoms with van der Waals surface area (Å²) in [6.45, 7) is 7.01. The molecular formula is C10H23NOS. The Hall–Kier alpha value is 0.270. The van der Waals surface area contributed by atoms with Crippen LogP contribution in [0.2, 0.25) is 0 Å². The van der Waals surface area contributed by atoms with Crippen molar-refractivity contribution in [3.63, 3.8) is 0 Å². The molecule has 0 aromatic heterocycles. The van der Waals surface area contributed by atoms with Gasteiger partial charge in [0.05, 0.1) is 6.61 Å². The molecule has 3 heteroatoms. The van der Waals surface area contributed by atoms with Gasteiger partial charge in [-0.25, -0.2) is 0 Å². The normalized spacial score (nSPS) is 13.2. The highest BCUT2D eigenvalue weighted by molar-refractivity contribution is 7.99. The highest BCUT2D eigenvalue weighted by Gasteiger charge is 1.99. The molecule has 0 bridgehead atoms. The molecular weight excluding hydrogens is 182 g/mol. The second-order valence-electron chi connectivity index (χ2n) is 3.22. The van der Waals surface area contributed by atoms with Crippen LogP contribution < -0.4 is 5.73 Å². The average molecular weight is 205 g/mol. The van der Waals surface area contributed by atoms with E-state index in [1.165, 1.54) is 12.8 Å². The molecule has 0 aliphatic heterocycles. The number of ether oxygens (including phenoxy) is 1. The summed E-state index contributed by atoms with van der Waals surface area (Å²) in [6, 6.07) is 0. The zero-order valence-electron chi connectivity index (χ0n) is 8.92. The van der Waals surface area contributed by atoms with Crippen LogP contribution in [0.3, 0.4) is 0 Å². The van der Waals surface area contributed by atoms with E-state index < -0.39 is 0 Å². The first-order valence-corrected chi connectivity index (χ1v) is 6.25. The summed E-state index contributed by atoms with van der Waals surface area (Å²) >= 11 is 1.95. The van der Waals surface area contributed by atoms with Crippen LogP contribution >= 0.6 is 11.8 Å². The molecule has 0 fully saturated rings. The van der Waals surface area contributed by atoms with Crippen molar-refractivity contribution >= 4 is 11.8 Å². The number of hydrogen-bond donors (Lipinski definition) is 1. The fraction of sp³-hybridized carbons (Fsp3) is 1.00. The molecule has 0 spiro atoms. The minimum absolute atomic E-state index is 0.680. The number of rotatable bonds is 9. The average Bonchev–Trinajstić information content (AvgIpc) is 2.11. The van der Waals surface area contributed by atoms with Crippen molar-refractivity contribution in [1.29, 1.82) is 0 Å². The van der Waals surface area contributed by atoms with Crippen molar-refractivity contribution in [2.24, 2.45) is 5.73 Å². The SMILES string of the molecule is CCCCOCCSC(C)CCN. The molecule has 80 valence electrons. The lowest BCUT2D eigenvalue weighted by Crippen LogP contribution is -2.09. The van der Waals surface area contributed by atoms with Crippen molar-refractivity contribution in [3.8, 4) is 0 Å². The Labute approximate surface area is 86.6 Å². The van der Waals surface area contributed by atoms with Gasteiger partial charge in [-0.05, 0) is 19.4 Å². The molecule has 2 N–H and O–H groups in total. The molecule has 0 aromatic carbocycles. The monoisotopic (exact) mass is 205 g/mol. The van der Waals surface area contributed by atoms with Gasteiger partial charge in [0.15, 0.2) is 0 Å². The third kappa shape index (κ3) is 10.2. The zero-order valence-corrected chi connectivity index (χ0v) is 9.74. The number of hydrogen-bond acceptors (Lipinski definition) is 3. The van der Waals surface area contributed by atoms with Crippen LogP contribution in [-0.2, 0) is 4.74 Å². The quantitative estimate of drug-likeness (QED) is 0.587. The molecule has 13 heavy (non-hydrogen) atoms. The summed E-state index contributed by atoms with van der Waals surface area (Å²) in [4.78, 5) is 0. The minimum atomic E-state index is 0.680. The van der Waals surface area contributed by atoms with Crippen LogP contribution in [-0.4, -0.2) is 30.8 Å².